The van der Waals surface area contributed by atoms with Crippen LogP contribution in [-0.4, -0.2) is 39.6 Å². The minimum atomic E-state index is -0.604. The van der Waals surface area contributed by atoms with E-state index in [1.807, 2.05) is 24.8 Å². The van der Waals surface area contributed by atoms with Crippen LogP contribution >= 0.6 is 0 Å². The number of nitro benzene ring substituents is 1. The first-order valence-electron chi connectivity index (χ1n) is 8.99. The maximum Gasteiger partial charge on any atom is 0.272 e. The summed E-state index contributed by atoms with van der Waals surface area (Å²) >= 11 is 0. The van der Waals surface area contributed by atoms with Crippen LogP contribution in [0.4, 0.5) is 11.4 Å². The Hall–Kier alpha value is -3.43. The predicted molar refractivity (Wildman–Crippen MR) is 102 cm³/mol. The Kier molecular flexibility index (Phi) is 5.57. The van der Waals surface area contributed by atoms with Gasteiger partial charge in [0.05, 0.1) is 21.9 Å². The van der Waals surface area contributed by atoms with Gasteiger partial charge in [0.15, 0.2) is 0 Å². The van der Waals surface area contributed by atoms with E-state index < -0.39 is 16.7 Å². The SMILES string of the molecule is Cc1cc(C)n(CC(=O)NNC(=O)c2cc([N+](=O)[O-])ccc2N2CCCC2)n1. The van der Waals surface area contributed by atoms with Gasteiger partial charge in [-0.1, -0.05) is 0 Å². The molecule has 10 nitrogen and oxygen atoms in total. The zero-order valence-corrected chi connectivity index (χ0v) is 15.8. The maximum absolute atomic E-state index is 12.6. The predicted octanol–water partition coefficient (Wildman–Crippen LogP) is 1.47. The van der Waals surface area contributed by atoms with E-state index in [1.54, 1.807) is 6.07 Å². The molecule has 2 amide bonds. The van der Waals surface area contributed by atoms with E-state index in [1.165, 1.54) is 16.8 Å². The monoisotopic (exact) mass is 386 g/mol. The molecule has 3 rings (SSSR count). The number of non-ortho nitro benzene ring substituents is 1. The Balaban J connectivity index is 1.71. The number of hydrazine groups is 1. The molecule has 1 saturated heterocycles. The molecular weight excluding hydrogens is 364 g/mol. The molecule has 0 unspecified atom stereocenters. The van der Waals surface area contributed by atoms with Crippen molar-refractivity contribution in [2.45, 2.75) is 33.2 Å². The highest BCUT2D eigenvalue weighted by Gasteiger charge is 2.23. The highest BCUT2D eigenvalue weighted by molar-refractivity contribution is 6.01. The first kappa shape index (κ1) is 19.3. The van der Waals surface area contributed by atoms with Crippen molar-refractivity contribution in [1.29, 1.82) is 0 Å². The van der Waals surface area contributed by atoms with Gasteiger partial charge in [0.2, 0.25) is 0 Å². The molecule has 28 heavy (non-hydrogen) atoms. The van der Waals surface area contributed by atoms with Crippen molar-refractivity contribution < 1.29 is 14.5 Å². The summed E-state index contributed by atoms with van der Waals surface area (Å²) in [6.45, 7) is 5.17. The number of carbonyl (C=O) groups is 2. The molecule has 10 heteroatoms. The lowest BCUT2D eigenvalue weighted by Gasteiger charge is -2.21. The molecule has 1 aliphatic rings. The molecule has 0 bridgehead atoms. The lowest BCUT2D eigenvalue weighted by Crippen LogP contribution is -2.43. The number of nitrogens with zero attached hydrogens (tertiary/aromatic N) is 4. The van der Waals surface area contributed by atoms with E-state index in [0.717, 1.165) is 37.3 Å². The number of nitro groups is 1. The van der Waals surface area contributed by atoms with Crippen LogP contribution < -0.4 is 15.8 Å². The lowest BCUT2D eigenvalue weighted by molar-refractivity contribution is -0.384. The molecule has 2 heterocycles. The van der Waals surface area contributed by atoms with Gasteiger partial charge in [0.1, 0.15) is 6.54 Å². The molecule has 0 spiro atoms. The molecular formula is C18H22N6O4. The molecule has 1 aliphatic heterocycles. The standard InChI is InChI=1S/C18H22N6O4/c1-12-9-13(2)23(21-12)11-17(25)19-20-18(26)15-10-14(24(27)28)5-6-16(15)22-7-3-4-8-22/h5-6,9-10H,3-4,7-8,11H2,1-2H3,(H,19,25)(H,20,26). The fourth-order valence-corrected chi connectivity index (χ4v) is 3.26. The van der Waals surface area contributed by atoms with Crippen LogP contribution in [0.25, 0.3) is 0 Å². The van der Waals surface area contributed by atoms with Crippen LogP contribution in [0.2, 0.25) is 0 Å². The number of rotatable bonds is 5. The normalized spacial score (nSPS) is 13.4. The number of aryl methyl sites for hydroxylation is 2. The van der Waals surface area contributed by atoms with Gasteiger partial charge >= 0.3 is 0 Å². The second-order valence-electron chi connectivity index (χ2n) is 6.74. The molecule has 148 valence electrons. The molecule has 0 atom stereocenters. The van der Waals surface area contributed by atoms with Gasteiger partial charge in [-0.25, -0.2) is 0 Å². The lowest BCUT2D eigenvalue weighted by atomic mass is 10.1. The van der Waals surface area contributed by atoms with Crippen molar-refractivity contribution in [2.75, 3.05) is 18.0 Å². The van der Waals surface area contributed by atoms with Crippen LogP contribution in [0.5, 0.6) is 0 Å². The van der Waals surface area contributed by atoms with Crippen molar-refractivity contribution in [3.63, 3.8) is 0 Å². The quantitative estimate of drug-likeness (QED) is 0.593. The van der Waals surface area contributed by atoms with Crippen LogP contribution in [0.15, 0.2) is 24.3 Å². The zero-order valence-electron chi connectivity index (χ0n) is 15.8. The number of benzene rings is 1. The van der Waals surface area contributed by atoms with Crippen molar-refractivity contribution in [1.82, 2.24) is 20.6 Å². The Morgan fingerprint density at radius 2 is 1.89 bits per heavy atom. The van der Waals surface area contributed by atoms with Gasteiger partial charge in [0.25, 0.3) is 17.5 Å². The minimum Gasteiger partial charge on any atom is -0.371 e. The number of anilines is 1. The summed E-state index contributed by atoms with van der Waals surface area (Å²) in [6.07, 6.45) is 1.99. The second-order valence-corrected chi connectivity index (χ2v) is 6.74. The van der Waals surface area contributed by atoms with Crippen LogP contribution in [0, 0.1) is 24.0 Å². The van der Waals surface area contributed by atoms with E-state index in [0.29, 0.717) is 5.69 Å². The van der Waals surface area contributed by atoms with Gasteiger partial charge in [0, 0.05) is 30.9 Å². The number of amides is 2. The third kappa shape index (κ3) is 4.27. The summed E-state index contributed by atoms with van der Waals surface area (Å²) in [7, 11) is 0. The van der Waals surface area contributed by atoms with Crippen LogP contribution in [0.3, 0.4) is 0 Å². The smallest absolute Gasteiger partial charge is 0.272 e. The topological polar surface area (TPSA) is 122 Å². The average Bonchev–Trinajstić information content (AvgIpc) is 3.29. The number of nitrogens with one attached hydrogen (secondary N) is 2. The molecule has 0 aliphatic carbocycles. The Labute approximate surface area is 161 Å². The number of hydrogen-bond acceptors (Lipinski definition) is 6. The van der Waals surface area contributed by atoms with E-state index in [4.69, 9.17) is 0 Å². The summed E-state index contributed by atoms with van der Waals surface area (Å²) in [6, 6.07) is 6.04. The Morgan fingerprint density at radius 1 is 1.18 bits per heavy atom. The summed E-state index contributed by atoms with van der Waals surface area (Å²) < 4.78 is 1.53. The van der Waals surface area contributed by atoms with Crippen molar-refractivity contribution >= 4 is 23.2 Å². The minimum absolute atomic E-state index is 0.0477. The Morgan fingerprint density at radius 3 is 2.50 bits per heavy atom. The molecule has 1 aromatic carbocycles. The van der Waals surface area contributed by atoms with E-state index >= 15 is 0 Å². The van der Waals surface area contributed by atoms with Gasteiger partial charge < -0.3 is 4.90 Å². The molecule has 0 saturated carbocycles. The fraction of sp³-hybridized carbons (Fsp3) is 0.389. The third-order valence-electron chi connectivity index (χ3n) is 4.59. The summed E-state index contributed by atoms with van der Waals surface area (Å²) in [5.74, 6) is -1.06. The van der Waals surface area contributed by atoms with E-state index in [-0.39, 0.29) is 17.8 Å². The Bertz CT molecular complexity index is 917. The first-order valence-corrected chi connectivity index (χ1v) is 8.99. The zero-order chi connectivity index (χ0) is 20.3. The second kappa shape index (κ2) is 8.07. The molecule has 2 N–H and O–H groups in total. The summed E-state index contributed by atoms with van der Waals surface area (Å²) in [5.41, 5.74) is 6.91. The van der Waals surface area contributed by atoms with Crippen molar-refractivity contribution in [2.24, 2.45) is 0 Å². The van der Waals surface area contributed by atoms with Gasteiger partial charge in [-0.05, 0) is 38.8 Å². The molecule has 1 aromatic heterocycles. The third-order valence-corrected chi connectivity index (χ3v) is 4.59. The molecule has 2 aromatic rings. The number of hydrogen-bond donors (Lipinski definition) is 2. The highest BCUT2D eigenvalue weighted by atomic mass is 16.6. The summed E-state index contributed by atoms with van der Waals surface area (Å²) in [4.78, 5) is 37.3. The van der Waals surface area contributed by atoms with Crippen molar-refractivity contribution in [3.8, 4) is 0 Å². The van der Waals surface area contributed by atoms with Crippen LogP contribution in [0.1, 0.15) is 34.6 Å². The average molecular weight is 386 g/mol. The van der Waals surface area contributed by atoms with Gasteiger partial charge in [-0.15, -0.1) is 0 Å². The van der Waals surface area contributed by atoms with Crippen molar-refractivity contribution in [3.05, 3.63) is 51.3 Å². The largest absolute Gasteiger partial charge is 0.371 e. The highest BCUT2D eigenvalue weighted by Crippen LogP contribution is 2.28. The number of aromatic nitrogens is 2. The van der Waals surface area contributed by atoms with Gasteiger partial charge in [-0.2, -0.15) is 5.10 Å². The van der Waals surface area contributed by atoms with Gasteiger partial charge in [-0.3, -0.25) is 35.2 Å². The first-order chi connectivity index (χ1) is 13.3. The van der Waals surface area contributed by atoms with Crippen LogP contribution in [-0.2, 0) is 11.3 Å². The summed E-state index contributed by atoms with van der Waals surface area (Å²) in [5, 5.41) is 15.3. The van der Waals surface area contributed by atoms with E-state index in [9.17, 15) is 19.7 Å². The molecule has 1 fully saturated rings. The number of carbonyl (C=O) groups excluding carboxylic acids is 2. The van der Waals surface area contributed by atoms with E-state index in [2.05, 4.69) is 16.0 Å². The fourth-order valence-electron chi connectivity index (χ4n) is 3.26. The molecule has 0 radical (unpaired) electrons. The maximum atomic E-state index is 12.6.